The Morgan fingerprint density at radius 2 is 1.59 bits per heavy atom. The van der Waals surface area contributed by atoms with Crippen molar-refractivity contribution in [1.29, 1.82) is 0 Å². The van der Waals surface area contributed by atoms with Crippen molar-refractivity contribution >= 4 is 9.84 Å². The Labute approximate surface area is 130 Å². The van der Waals surface area contributed by atoms with Gasteiger partial charge >= 0.3 is 0 Å². The minimum absolute atomic E-state index is 0.331. The fourth-order valence-electron chi connectivity index (χ4n) is 2.57. The van der Waals surface area contributed by atoms with Gasteiger partial charge in [0.15, 0.2) is 9.84 Å². The minimum Gasteiger partial charge on any atom is -0.314 e. The molecule has 4 heteroatoms. The standard InChI is InChI=1S/C18H17NO2S/c1-14-11-12-18(15-7-4-3-5-8-15)19(14)16-9-6-10-17(13-16)22(2,20)21/h3-13H,1-2H3. The first-order valence-electron chi connectivity index (χ1n) is 7.01. The zero-order valence-corrected chi connectivity index (χ0v) is 13.3. The summed E-state index contributed by atoms with van der Waals surface area (Å²) in [5.41, 5.74) is 4.05. The Kier molecular flexibility index (Phi) is 3.62. The molecule has 0 saturated carbocycles. The number of nitrogens with zero attached hydrogens (tertiary/aromatic N) is 1. The van der Waals surface area contributed by atoms with E-state index in [9.17, 15) is 8.42 Å². The van der Waals surface area contributed by atoms with E-state index >= 15 is 0 Å². The maximum atomic E-state index is 11.8. The molecular formula is C18H17NO2S. The zero-order valence-electron chi connectivity index (χ0n) is 12.5. The van der Waals surface area contributed by atoms with E-state index in [1.54, 1.807) is 18.2 Å². The molecule has 0 aliphatic carbocycles. The maximum absolute atomic E-state index is 11.8. The van der Waals surface area contributed by atoms with E-state index in [-0.39, 0.29) is 0 Å². The van der Waals surface area contributed by atoms with Crippen LogP contribution in [0.4, 0.5) is 0 Å². The summed E-state index contributed by atoms with van der Waals surface area (Å²) in [6.07, 6.45) is 1.23. The van der Waals surface area contributed by atoms with Gasteiger partial charge in [-0.15, -0.1) is 0 Å². The fraction of sp³-hybridized carbons (Fsp3) is 0.111. The highest BCUT2D eigenvalue weighted by atomic mass is 32.2. The van der Waals surface area contributed by atoms with Crippen molar-refractivity contribution < 1.29 is 8.42 Å². The second kappa shape index (κ2) is 5.46. The Hall–Kier alpha value is -2.33. The summed E-state index contributed by atoms with van der Waals surface area (Å²) in [6.45, 7) is 2.01. The van der Waals surface area contributed by atoms with Crippen LogP contribution in [-0.2, 0) is 9.84 Å². The molecule has 112 valence electrons. The first kappa shape index (κ1) is 14.6. The van der Waals surface area contributed by atoms with Gasteiger partial charge in [-0.25, -0.2) is 8.42 Å². The summed E-state index contributed by atoms with van der Waals surface area (Å²) < 4.78 is 25.6. The topological polar surface area (TPSA) is 39.1 Å². The molecule has 0 unspecified atom stereocenters. The van der Waals surface area contributed by atoms with E-state index in [0.717, 1.165) is 22.6 Å². The number of aryl methyl sites for hydroxylation is 1. The van der Waals surface area contributed by atoms with Crippen molar-refractivity contribution in [2.24, 2.45) is 0 Å². The lowest BCUT2D eigenvalue weighted by Gasteiger charge is -2.13. The van der Waals surface area contributed by atoms with Crippen molar-refractivity contribution in [3.63, 3.8) is 0 Å². The van der Waals surface area contributed by atoms with Gasteiger partial charge in [-0.2, -0.15) is 0 Å². The highest BCUT2D eigenvalue weighted by Gasteiger charge is 2.12. The van der Waals surface area contributed by atoms with Gasteiger partial charge < -0.3 is 4.57 Å². The third-order valence-electron chi connectivity index (χ3n) is 3.65. The van der Waals surface area contributed by atoms with Crippen LogP contribution in [0.1, 0.15) is 5.69 Å². The quantitative estimate of drug-likeness (QED) is 0.737. The van der Waals surface area contributed by atoms with Crippen molar-refractivity contribution in [3.8, 4) is 16.9 Å². The van der Waals surface area contributed by atoms with Crippen LogP contribution < -0.4 is 0 Å². The van der Waals surface area contributed by atoms with Gasteiger partial charge in [0.05, 0.1) is 10.6 Å². The summed E-state index contributed by atoms with van der Waals surface area (Å²) in [4.78, 5) is 0.331. The average Bonchev–Trinajstić information content (AvgIpc) is 2.89. The second-order valence-electron chi connectivity index (χ2n) is 5.33. The molecule has 0 fully saturated rings. The molecule has 3 rings (SSSR count). The van der Waals surface area contributed by atoms with Crippen LogP contribution in [0, 0.1) is 6.92 Å². The van der Waals surface area contributed by atoms with Crippen LogP contribution in [0.2, 0.25) is 0 Å². The lowest BCUT2D eigenvalue weighted by molar-refractivity contribution is 0.602. The molecule has 2 aromatic carbocycles. The lowest BCUT2D eigenvalue weighted by atomic mass is 10.1. The number of benzene rings is 2. The van der Waals surface area contributed by atoms with E-state index in [1.807, 2.05) is 49.4 Å². The van der Waals surface area contributed by atoms with Crippen LogP contribution in [0.3, 0.4) is 0 Å². The smallest absolute Gasteiger partial charge is 0.175 e. The summed E-state index contributed by atoms with van der Waals surface area (Å²) >= 11 is 0. The van der Waals surface area contributed by atoms with Crippen LogP contribution in [0.5, 0.6) is 0 Å². The minimum atomic E-state index is -3.22. The zero-order chi connectivity index (χ0) is 15.7. The van der Waals surface area contributed by atoms with Crippen molar-refractivity contribution in [3.05, 3.63) is 72.4 Å². The van der Waals surface area contributed by atoms with E-state index in [2.05, 4.69) is 10.6 Å². The molecule has 0 amide bonds. The Balaban J connectivity index is 2.20. The Bertz CT molecular complexity index is 909. The van der Waals surface area contributed by atoms with Crippen molar-refractivity contribution in [2.75, 3.05) is 6.26 Å². The Morgan fingerprint density at radius 3 is 2.27 bits per heavy atom. The molecule has 0 radical (unpaired) electrons. The summed E-state index contributed by atoms with van der Waals surface area (Å²) in [5.74, 6) is 0. The summed E-state index contributed by atoms with van der Waals surface area (Å²) in [6, 6.07) is 21.2. The molecule has 0 atom stereocenters. The van der Waals surface area contributed by atoms with E-state index in [4.69, 9.17) is 0 Å². The van der Waals surface area contributed by atoms with Crippen molar-refractivity contribution in [1.82, 2.24) is 4.57 Å². The molecule has 0 aliphatic rings. The van der Waals surface area contributed by atoms with Gasteiger partial charge in [-0.05, 0) is 42.8 Å². The summed E-state index contributed by atoms with van der Waals surface area (Å²) in [5, 5.41) is 0. The third kappa shape index (κ3) is 2.70. The molecule has 0 aliphatic heterocycles. The SMILES string of the molecule is Cc1ccc(-c2ccccc2)n1-c1cccc(S(C)(=O)=O)c1. The number of rotatable bonds is 3. The molecule has 0 spiro atoms. The Morgan fingerprint density at radius 1 is 0.864 bits per heavy atom. The molecule has 1 aromatic heterocycles. The predicted octanol–water partition coefficient (Wildman–Crippen LogP) is 3.86. The maximum Gasteiger partial charge on any atom is 0.175 e. The van der Waals surface area contributed by atoms with Gasteiger partial charge in [0, 0.05) is 17.6 Å². The van der Waals surface area contributed by atoms with Gasteiger partial charge in [0.25, 0.3) is 0 Å². The number of hydrogen-bond acceptors (Lipinski definition) is 2. The molecule has 0 bridgehead atoms. The van der Waals surface area contributed by atoms with Gasteiger partial charge in [0.2, 0.25) is 0 Å². The lowest BCUT2D eigenvalue weighted by Crippen LogP contribution is -2.02. The van der Waals surface area contributed by atoms with Gasteiger partial charge in [-0.3, -0.25) is 0 Å². The molecular weight excluding hydrogens is 294 g/mol. The van der Waals surface area contributed by atoms with Gasteiger partial charge in [0.1, 0.15) is 0 Å². The number of aromatic nitrogens is 1. The molecule has 0 N–H and O–H groups in total. The highest BCUT2D eigenvalue weighted by molar-refractivity contribution is 7.90. The monoisotopic (exact) mass is 311 g/mol. The van der Waals surface area contributed by atoms with Gasteiger partial charge in [-0.1, -0.05) is 36.4 Å². The van der Waals surface area contributed by atoms with Crippen LogP contribution in [0.15, 0.2) is 71.6 Å². The highest BCUT2D eigenvalue weighted by Crippen LogP contribution is 2.27. The largest absolute Gasteiger partial charge is 0.314 e. The summed E-state index contributed by atoms with van der Waals surface area (Å²) in [7, 11) is -3.22. The van der Waals surface area contributed by atoms with E-state index in [0.29, 0.717) is 4.90 Å². The molecule has 3 aromatic rings. The fourth-order valence-corrected chi connectivity index (χ4v) is 3.23. The van der Waals surface area contributed by atoms with Crippen LogP contribution in [-0.4, -0.2) is 19.2 Å². The van der Waals surface area contributed by atoms with E-state index < -0.39 is 9.84 Å². The predicted molar refractivity (Wildman–Crippen MR) is 89.1 cm³/mol. The van der Waals surface area contributed by atoms with Crippen LogP contribution in [0.25, 0.3) is 16.9 Å². The molecule has 3 nitrogen and oxygen atoms in total. The van der Waals surface area contributed by atoms with Crippen molar-refractivity contribution in [2.45, 2.75) is 11.8 Å². The number of hydrogen-bond donors (Lipinski definition) is 0. The number of sulfone groups is 1. The molecule has 22 heavy (non-hydrogen) atoms. The third-order valence-corrected chi connectivity index (χ3v) is 4.76. The second-order valence-corrected chi connectivity index (χ2v) is 7.35. The average molecular weight is 311 g/mol. The van der Waals surface area contributed by atoms with E-state index in [1.165, 1.54) is 6.26 Å². The first-order chi connectivity index (χ1) is 10.5. The first-order valence-corrected chi connectivity index (χ1v) is 8.90. The van der Waals surface area contributed by atoms with Crippen LogP contribution >= 0.6 is 0 Å². The normalized spacial score (nSPS) is 11.5. The molecule has 0 saturated heterocycles. The molecule has 1 heterocycles.